The van der Waals surface area contributed by atoms with Crippen molar-refractivity contribution in [2.45, 2.75) is 0 Å². The van der Waals surface area contributed by atoms with Crippen LogP contribution in [0.3, 0.4) is 0 Å². The Labute approximate surface area is 143 Å². The number of nitrogens with zero attached hydrogens (tertiary/aromatic N) is 2. The third-order valence-electron chi connectivity index (χ3n) is 3.09. The van der Waals surface area contributed by atoms with Gasteiger partial charge < -0.3 is 14.8 Å². The lowest BCUT2D eigenvalue weighted by atomic mass is 10.2. The van der Waals surface area contributed by atoms with E-state index in [4.69, 9.17) is 9.47 Å². The molecule has 0 atom stereocenters. The van der Waals surface area contributed by atoms with Gasteiger partial charge in [0.05, 0.1) is 25.4 Å². The summed E-state index contributed by atoms with van der Waals surface area (Å²) in [7, 11) is 2.68. The highest BCUT2D eigenvalue weighted by Crippen LogP contribution is 2.37. The predicted octanol–water partition coefficient (Wildman–Crippen LogP) is 2.77. The highest BCUT2D eigenvalue weighted by molar-refractivity contribution is 5.90. The number of urea groups is 1. The van der Waals surface area contributed by atoms with Gasteiger partial charge in [0.25, 0.3) is 0 Å². The number of carbonyl (C=O) groups excluding carboxylic acids is 1. The molecule has 130 valence electrons. The number of nitro groups is 1. The number of methoxy groups -OCH3 is 2. The van der Waals surface area contributed by atoms with Gasteiger partial charge in [0.15, 0.2) is 5.75 Å². The number of anilines is 1. The second-order valence-corrected chi connectivity index (χ2v) is 4.72. The van der Waals surface area contributed by atoms with Crippen LogP contribution in [-0.2, 0) is 0 Å². The summed E-state index contributed by atoms with van der Waals surface area (Å²) in [5, 5.41) is 17.5. The van der Waals surface area contributed by atoms with Crippen LogP contribution >= 0.6 is 0 Å². The molecule has 0 aromatic heterocycles. The lowest BCUT2D eigenvalue weighted by Crippen LogP contribution is -2.24. The summed E-state index contributed by atoms with van der Waals surface area (Å²) in [6.45, 7) is 0. The molecule has 0 spiro atoms. The molecule has 2 N–H and O–H groups in total. The molecule has 0 aliphatic heterocycles. The molecule has 25 heavy (non-hydrogen) atoms. The largest absolute Gasteiger partial charge is 0.493 e. The molecular formula is C16H16N4O5. The Morgan fingerprint density at radius 1 is 1.20 bits per heavy atom. The Morgan fingerprint density at radius 2 is 1.92 bits per heavy atom. The van der Waals surface area contributed by atoms with Crippen LogP contribution in [0, 0.1) is 10.1 Å². The highest BCUT2D eigenvalue weighted by Gasteiger charge is 2.21. The van der Waals surface area contributed by atoms with Gasteiger partial charge in [0.2, 0.25) is 5.75 Å². The second-order valence-electron chi connectivity index (χ2n) is 4.72. The van der Waals surface area contributed by atoms with E-state index in [1.807, 2.05) is 6.07 Å². The number of hydrazone groups is 1. The van der Waals surface area contributed by atoms with Gasteiger partial charge in [0.1, 0.15) is 0 Å². The van der Waals surface area contributed by atoms with Crippen molar-refractivity contribution < 1.29 is 19.2 Å². The lowest BCUT2D eigenvalue weighted by molar-refractivity contribution is -0.385. The van der Waals surface area contributed by atoms with E-state index in [0.29, 0.717) is 11.3 Å². The minimum absolute atomic E-state index is 0.0134. The second kappa shape index (κ2) is 8.29. The Hall–Kier alpha value is -3.62. The van der Waals surface area contributed by atoms with Gasteiger partial charge in [-0.2, -0.15) is 5.10 Å². The minimum atomic E-state index is -0.589. The van der Waals surface area contributed by atoms with Crippen molar-refractivity contribution in [3.05, 3.63) is 58.1 Å². The van der Waals surface area contributed by atoms with Gasteiger partial charge in [-0.1, -0.05) is 18.2 Å². The fourth-order valence-electron chi connectivity index (χ4n) is 2.02. The first-order valence-electron chi connectivity index (χ1n) is 7.10. The van der Waals surface area contributed by atoms with Crippen molar-refractivity contribution in [3.63, 3.8) is 0 Å². The van der Waals surface area contributed by atoms with Crippen molar-refractivity contribution >= 4 is 23.6 Å². The fourth-order valence-corrected chi connectivity index (χ4v) is 2.02. The Balaban J connectivity index is 2.11. The summed E-state index contributed by atoms with van der Waals surface area (Å²) in [6.07, 6.45) is 1.26. The maximum absolute atomic E-state index is 11.7. The van der Waals surface area contributed by atoms with Crippen molar-refractivity contribution in [1.29, 1.82) is 0 Å². The number of hydrogen-bond acceptors (Lipinski definition) is 6. The number of amides is 2. The molecule has 0 aliphatic rings. The summed E-state index contributed by atoms with van der Waals surface area (Å²) in [5.74, 6) is 0.200. The van der Waals surface area contributed by atoms with Gasteiger partial charge in [-0.25, -0.2) is 10.2 Å². The zero-order valence-corrected chi connectivity index (χ0v) is 13.6. The first kappa shape index (κ1) is 17.7. The van der Waals surface area contributed by atoms with Crippen LogP contribution in [0.2, 0.25) is 0 Å². The molecule has 0 fully saturated rings. The smallest absolute Gasteiger partial charge is 0.339 e. The minimum Gasteiger partial charge on any atom is -0.493 e. The fraction of sp³-hybridized carbons (Fsp3) is 0.125. The third kappa shape index (κ3) is 4.67. The molecule has 0 heterocycles. The molecule has 2 amide bonds. The van der Waals surface area contributed by atoms with Crippen LogP contribution in [-0.4, -0.2) is 31.4 Å². The van der Waals surface area contributed by atoms with E-state index in [-0.39, 0.29) is 17.2 Å². The number of ether oxygens (including phenoxy) is 2. The SMILES string of the molecule is COc1cc(/C=N/NC(=O)Nc2ccccc2)cc([N+](=O)[O-])c1OC. The van der Waals surface area contributed by atoms with Crippen LogP contribution in [0.15, 0.2) is 47.6 Å². The van der Waals surface area contributed by atoms with E-state index in [9.17, 15) is 14.9 Å². The topological polar surface area (TPSA) is 115 Å². The zero-order valence-electron chi connectivity index (χ0n) is 13.6. The number of hydrogen-bond donors (Lipinski definition) is 2. The maximum atomic E-state index is 11.7. The lowest BCUT2D eigenvalue weighted by Gasteiger charge is -2.08. The zero-order chi connectivity index (χ0) is 18.2. The van der Waals surface area contributed by atoms with E-state index in [1.54, 1.807) is 24.3 Å². The van der Waals surface area contributed by atoms with Crippen LogP contribution in [0.25, 0.3) is 0 Å². The summed E-state index contributed by atoms with van der Waals surface area (Å²) in [6, 6.07) is 11.1. The number of nitro benzene ring substituents is 1. The van der Waals surface area contributed by atoms with Gasteiger partial charge >= 0.3 is 11.7 Å². The number of nitrogens with one attached hydrogen (secondary N) is 2. The van der Waals surface area contributed by atoms with E-state index in [2.05, 4.69) is 15.8 Å². The van der Waals surface area contributed by atoms with Crippen LogP contribution in [0.5, 0.6) is 11.5 Å². The van der Waals surface area contributed by atoms with Crippen LogP contribution in [0.4, 0.5) is 16.2 Å². The van der Waals surface area contributed by atoms with E-state index < -0.39 is 11.0 Å². The quantitative estimate of drug-likeness (QED) is 0.475. The third-order valence-corrected chi connectivity index (χ3v) is 3.09. The van der Waals surface area contributed by atoms with E-state index in [0.717, 1.165) is 0 Å². The first-order chi connectivity index (χ1) is 12.0. The number of benzene rings is 2. The molecule has 0 bridgehead atoms. The number of carbonyl (C=O) groups is 1. The maximum Gasteiger partial charge on any atom is 0.339 e. The van der Waals surface area contributed by atoms with Gasteiger partial charge in [-0.3, -0.25) is 10.1 Å². The summed E-state index contributed by atoms with van der Waals surface area (Å²) < 4.78 is 10.1. The van der Waals surface area contributed by atoms with Crippen molar-refractivity contribution in [3.8, 4) is 11.5 Å². The standard InChI is InChI=1S/C16H16N4O5/c1-24-14-9-11(8-13(20(22)23)15(14)25-2)10-17-19-16(21)18-12-6-4-3-5-7-12/h3-10H,1-2H3,(H2,18,19,21)/b17-10+. The summed E-state index contributed by atoms with van der Waals surface area (Å²) >= 11 is 0. The summed E-state index contributed by atoms with van der Waals surface area (Å²) in [4.78, 5) is 22.3. The summed E-state index contributed by atoms with van der Waals surface area (Å²) in [5.41, 5.74) is 2.98. The monoisotopic (exact) mass is 344 g/mol. The molecule has 2 aromatic carbocycles. The molecule has 0 saturated carbocycles. The number of para-hydroxylation sites is 1. The number of rotatable bonds is 6. The molecule has 0 unspecified atom stereocenters. The Morgan fingerprint density at radius 3 is 2.52 bits per heavy atom. The molecule has 0 aliphatic carbocycles. The molecule has 2 aromatic rings. The van der Waals surface area contributed by atoms with Crippen LogP contribution < -0.4 is 20.2 Å². The molecule has 0 saturated heterocycles. The Bertz CT molecular complexity index is 793. The highest BCUT2D eigenvalue weighted by atomic mass is 16.6. The molecule has 2 rings (SSSR count). The molecule has 0 radical (unpaired) electrons. The molecule has 9 nitrogen and oxygen atoms in total. The first-order valence-corrected chi connectivity index (χ1v) is 7.10. The Kier molecular flexibility index (Phi) is 5.88. The van der Waals surface area contributed by atoms with Crippen molar-refractivity contribution in [2.24, 2.45) is 5.10 Å². The van der Waals surface area contributed by atoms with Gasteiger partial charge in [0, 0.05) is 17.3 Å². The van der Waals surface area contributed by atoms with Crippen molar-refractivity contribution in [2.75, 3.05) is 19.5 Å². The van der Waals surface area contributed by atoms with Crippen LogP contribution in [0.1, 0.15) is 5.56 Å². The average Bonchev–Trinajstić information content (AvgIpc) is 2.61. The van der Waals surface area contributed by atoms with E-state index >= 15 is 0 Å². The van der Waals surface area contributed by atoms with Gasteiger partial charge in [-0.05, 0) is 18.2 Å². The normalized spacial score (nSPS) is 10.3. The molecular weight excluding hydrogens is 328 g/mol. The molecule has 9 heteroatoms. The average molecular weight is 344 g/mol. The van der Waals surface area contributed by atoms with Crippen molar-refractivity contribution in [1.82, 2.24) is 5.43 Å². The predicted molar refractivity (Wildman–Crippen MR) is 92.4 cm³/mol. The van der Waals surface area contributed by atoms with E-state index in [1.165, 1.54) is 32.6 Å². The van der Waals surface area contributed by atoms with Gasteiger partial charge in [-0.15, -0.1) is 0 Å².